The molecule has 1 rings (SSSR count). The second-order valence-corrected chi connectivity index (χ2v) is 15.1. The van der Waals surface area contributed by atoms with E-state index in [1.54, 1.807) is 0 Å². The van der Waals surface area contributed by atoms with Crippen molar-refractivity contribution in [1.29, 1.82) is 0 Å². The second-order valence-electron chi connectivity index (χ2n) is 15.1. The molecule has 0 amide bonds. The third kappa shape index (κ3) is 17.2. The van der Waals surface area contributed by atoms with E-state index < -0.39 is 40.4 Å². The number of carbonyl (C=O) groups is 4. The monoisotopic (exact) mass is 705 g/mol. The fourth-order valence-electron chi connectivity index (χ4n) is 7.31. The first-order valence-corrected chi connectivity index (χ1v) is 21.1. The van der Waals surface area contributed by atoms with Gasteiger partial charge in [0.1, 0.15) is 0 Å². The third-order valence-electron chi connectivity index (χ3n) is 10.8. The summed E-state index contributed by atoms with van der Waals surface area (Å²) in [7, 11) is 0. The van der Waals surface area contributed by atoms with E-state index in [1.807, 2.05) is 0 Å². The first kappa shape index (κ1) is 46.3. The van der Waals surface area contributed by atoms with Crippen LogP contribution in [0.2, 0.25) is 0 Å². The molecular formula is C43H76O7. The molecule has 1 aliphatic rings. The van der Waals surface area contributed by atoms with Crippen molar-refractivity contribution in [3.05, 3.63) is 12.2 Å². The number of rotatable bonds is 35. The summed E-state index contributed by atoms with van der Waals surface area (Å²) in [6.45, 7) is 4.46. The van der Waals surface area contributed by atoms with E-state index in [0.717, 1.165) is 57.8 Å². The lowest BCUT2D eigenvalue weighted by Crippen LogP contribution is -2.72. The first-order chi connectivity index (χ1) is 24.2. The van der Waals surface area contributed by atoms with Gasteiger partial charge in [-0.3, -0.25) is 19.2 Å². The Morgan fingerprint density at radius 2 is 0.900 bits per heavy atom. The lowest BCUT2D eigenvalue weighted by atomic mass is 9.70. The Kier molecular flexibility index (Phi) is 26.7. The van der Waals surface area contributed by atoms with Gasteiger partial charge in [-0.15, -0.1) is 0 Å². The van der Waals surface area contributed by atoms with E-state index in [9.17, 15) is 34.5 Å². The maximum atomic E-state index is 13.4. The van der Waals surface area contributed by atoms with Crippen LogP contribution in [0.5, 0.6) is 0 Å². The minimum absolute atomic E-state index is 0.0962. The number of carbonyl (C=O) groups excluding carboxylic acids is 4. The zero-order valence-electron chi connectivity index (χ0n) is 32.3. The van der Waals surface area contributed by atoms with Crippen LogP contribution in [-0.2, 0) is 19.2 Å². The predicted octanol–water partition coefficient (Wildman–Crippen LogP) is 10.2. The van der Waals surface area contributed by atoms with Crippen molar-refractivity contribution in [3.8, 4) is 0 Å². The zero-order chi connectivity index (χ0) is 36.9. The second kappa shape index (κ2) is 28.8. The van der Waals surface area contributed by atoms with Gasteiger partial charge < -0.3 is 15.3 Å². The summed E-state index contributed by atoms with van der Waals surface area (Å²) in [6, 6.07) is 0. The molecule has 0 aliphatic heterocycles. The molecule has 7 heteroatoms. The van der Waals surface area contributed by atoms with Crippen molar-refractivity contribution in [2.45, 2.75) is 237 Å². The molecule has 0 aromatic carbocycles. The summed E-state index contributed by atoms with van der Waals surface area (Å²) in [6.07, 6.45) is 32.6. The van der Waals surface area contributed by atoms with Crippen molar-refractivity contribution in [2.24, 2.45) is 0 Å². The average Bonchev–Trinajstić information content (AvgIpc) is 3.38. The first-order valence-electron chi connectivity index (χ1n) is 21.1. The fraction of sp³-hybridized carbons (Fsp3) is 0.860. The molecule has 1 fully saturated rings. The summed E-state index contributed by atoms with van der Waals surface area (Å²) >= 11 is 0. The van der Waals surface area contributed by atoms with E-state index in [-0.39, 0.29) is 25.7 Å². The zero-order valence-corrected chi connectivity index (χ0v) is 32.3. The highest BCUT2D eigenvalue weighted by Crippen LogP contribution is 2.38. The molecule has 50 heavy (non-hydrogen) atoms. The van der Waals surface area contributed by atoms with E-state index in [1.165, 1.54) is 103 Å². The SMILES string of the molecule is CCCCCC/C=C/CCCCCCCC(=O)C(O)(C(O)C(=O)CCCCCCCCCCCCCCCCCCC)C1(O)C(=O)CCC1=O. The molecule has 7 nitrogen and oxygen atoms in total. The number of unbranched alkanes of at least 4 members (excludes halogenated alkanes) is 25. The molecule has 0 heterocycles. The fourth-order valence-corrected chi connectivity index (χ4v) is 7.31. The summed E-state index contributed by atoms with van der Waals surface area (Å²) in [5, 5.41) is 33.7. The van der Waals surface area contributed by atoms with Crippen molar-refractivity contribution in [1.82, 2.24) is 0 Å². The van der Waals surface area contributed by atoms with Crippen molar-refractivity contribution >= 4 is 23.1 Å². The minimum atomic E-state index is -3.16. The number of Topliss-reactive ketones (excluding diaryl/α,β-unsaturated/α-hetero) is 4. The highest BCUT2D eigenvalue weighted by molar-refractivity contribution is 6.21. The summed E-state index contributed by atoms with van der Waals surface area (Å²) < 4.78 is 0. The van der Waals surface area contributed by atoms with Crippen LogP contribution in [0.25, 0.3) is 0 Å². The third-order valence-corrected chi connectivity index (χ3v) is 10.8. The number of ketones is 4. The molecule has 0 aromatic heterocycles. The van der Waals surface area contributed by atoms with Crippen LogP contribution in [-0.4, -0.2) is 55.8 Å². The van der Waals surface area contributed by atoms with Crippen LogP contribution >= 0.6 is 0 Å². The lowest BCUT2D eigenvalue weighted by Gasteiger charge is -2.40. The van der Waals surface area contributed by atoms with Crippen LogP contribution in [0.15, 0.2) is 12.2 Å². The average molecular weight is 705 g/mol. The van der Waals surface area contributed by atoms with Gasteiger partial charge in [-0.25, -0.2) is 0 Å². The number of allylic oxidation sites excluding steroid dienone is 2. The molecule has 0 radical (unpaired) electrons. The maximum Gasteiger partial charge on any atom is 0.220 e. The largest absolute Gasteiger partial charge is 0.382 e. The Bertz CT molecular complexity index is 941. The standard InChI is InChI=1S/C43H76O7/c1-3-5-7-9-11-13-15-17-18-19-20-22-23-25-27-29-31-33-37(44)41(48)43(50,42(49)39(46)35-36-40(42)47)38(45)34-32-30-28-26-24-21-16-14-12-10-8-6-4-2/h14,16,41,48-50H,3-13,15,17-36H2,1-2H3/b16-14+. The van der Waals surface area contributed by atoms with Crippen LogP contribution in [0, 0.1) is 0 Å². The number of aliphatic hydroxyl groups is 3. The van der Waals surface area contributed by atoms with Gasteiger partial charge in [0.05, 0.1) is 0 Å². The molecule has 0 bridgehead atoms. The summed E-state index contributed by atoms with van der Waals surface area (Å²) in [4.78, 5) is 51.8. The molecule has 1 aliphatic carbocycles. The van der Waals surface area contributed by atoms with Crippen LogP contribution in [0.1, 0.15) is 219 Å². The number of hydrogen-bond donors (Lipinski definition) is 3. The van der Waals surface area contributed by atoms with E-state index in [4.69, 9.17) is 0 Å². The number of aliphatic hydroxyl groups excluding tert-OH is 1. The Morgan fingerprint density at radius 3 is 1.30 bits per heavy atom. The van der Waals surface area contributed by atoms with E-state index in [2.05, 4.69) is 26.0 Å². The van der Waals surface area contributed by atoms with Gasteiger partial charge in [-0.05, 0) is 38.5 Å². The smallest absolute Gasteiger partial charge is 0.220 e. The van der Waals surface area contributed by atoms with Crippen LogP contribution < -0.4 is 0 Å². The highest BCUT2D eigenvalue weighted by atomic mass is 16.4. The lowest BCUT2D eigenvalue weighted by molar-refractivity contribution is -0.202. The topological polar surface area (TPSA) is 129 Å². The number of hydrogen-bond acceptors (Lipinski definition) is 7. The highest BCUT2D eigenvalue weighted by Gasteiger charge is 2.69. The molecule has 2 atom stereocenters. The van der Waals surface area contributed by atoms with Gasteiger partial charge in [0, 0.05) is 25.7 Å². The molecular weight excluding hydrogens is 628 g/mol. The Morgan fingerprint density at radius 1 is 0.580 bits per heavy atom. The Balaban J connectivity index is 2.38. The summed E-state index contributed by atoms with van der Waals surface area (Å²) in [5.41, 5.74) is -6.25. The molecule has 0 aromatic rings. The van der Waals surface area contributed by atoms with Crippen molar-refractivity contribution in [3.63, 3.8) is 0 Å². The molecule has 3 N–H and O–H groups in total. The summed E-state index contributed by atoms with van der Waals surface area (Å²) in [5.74, 6) is -3.86. The molecule has 0 spiro atoms. The minimum Gasteiger partial charge on any atom is -0.382 e. The van der Waals surface area contributed by atoms with Gasteiger partial charge in [0.25, 0.3) is 0 Å². The molecule has 1 saturated carbocycles. The van der Waals surface area contributed by atoms with E-state index >= 15 is 0 Å². The normalized spacial score (nSPS) is 16.3. The van der Waals surface area contributed by atoms with Crippen LogP contribution in [0.3, 0.4) is 0 Å². The molecule has 290 valence electrons. The van der Waals surface area contributed by atoms with Gasteiger partial charge in [0.15, 0.2) is 34.8 Å². The Hall–Kier alpha value is -1.70. The van der Waals surface area contributed by atoms with Gasteiger partial charge in [-0.2, -0.15) is 0 Å². The van der Waals surface area contributed by atoms with Gasteiger partial charge >= 0.3 is 0 Å². The Labute approximate surface area is 305 Å². The van der Waals surface area contributed by atoms with Crippen molar-refractivity contribution in [2.75, 3.05) is 0 Å². The molecule has 2 unspecified atom stereocenters. The van der Waals surface area contributed by atoms with E-state index in [0.29, 0.717) is 19.3 Å². The predicted molar refractivity (Wildman–Crippen MR) is 204 cm³/mol. The maximum absolute atomic E-state index is 13.4. The quantitative estimate of drug-likeness (QED) is 0.0340. The van der Waals surface area contributed by atoms with Crippen LogP contribution in [0.4, 0.5) is 0 Å². The van der Waals surface area contributed by atoms with Gasteiger partial charge in [-0.1, -0.05) is 167 Å². The van der Waals surface area contributed by atoms with Crippen molar-refractivity contribution < 1.29 is 34.5 Å². The van der Waals surface area contributed by atoms with Gasteiger partial charge in [0.2, 0.25) is 5.60 Å². The molecule has 0 saturated heterocycles.